The number of amides is 1. The van der Waals surface area contributed by atoms with Gasteiger partial charge in [0.2, 0.25) is 0 Å². The number of aliphatic carboxylic acids is 1. The van der Waals surface area contributed by atoms with Gasteiger partial charge in [-0.05, 0) is 64.3 Å². The van der Waals surface area contributed by atoms with Gasteiger partial charge < -0.3 is 24.6 Å². The molecule has 0 saturated heterocycles. The van der Waals surface area contributed by atoms with Crippen LogP contribution in [-0.2, 0) is 16.1 Å². The van der Waals surface area contributed by atoms with Crippen molar-refractivity contribution in [2.75, 3.05) is 20.3 Å². The number of carboxylic acids is 1. The molecule has 0 spiro atoms. The molecule has 0 atom stereocenters. The van der Waals surface area contributed by atoms with Gasteiger partial charge in [0.15, 0.2) is 18.1 Å². The second kappa shape index (κ2) is 11.6. The number of rotatable bonds is 10. The van der Waals surface area contributed by atoms with Crippen LogP contribution >= 0.6 is 15.9 Å². The van der Waals surface area contributed by atoms with E-state index < -0.39 is 18.5 Å². The number of ether oxygens (including phenoxy) is 3. The molecule has 9 heteroatoms. The number of hydrogen-bond acceptors (Lipinski definition) is 6. The summed E-state index contributed by atoms with van der Waals surface area (Å²) in [5.41, 5.74) is 1.27. The smallest absolute Gasteiger partial charge is 0.341 e. The third-order valence-electron chi connectivity index (χ3n) is 3.96. The highest BCUT2D eigenvalue weighted by Crippen LogP contribution is 2.37. The highest BCUT2D eigenvalue weighted by molar-refractivity contribution is 9.10. The van der Waals surface area contributed by atoms with Crippen molar-refractivity contribution < 1.29 is 28.9 Å². The van der Waals surface area contributed by atoms with Crippen LogP contribution in [0.1, 0.15) is 18.1 Å². The summed E-state index contributed by atoms with van der Waals surface area (Å²) in [5, 5.41) is 21.0. The lowest BCUT2D eigenvalue weighted by Gasteiger charge is -2.13. The van der Waals surface area contributed by atoms with Gasteiger partial charge in [-0.3, -0.25) is 4.79 Å². The fourth-order valence-electron chi connectivity index (χ4n) is 2.54. The summed E-state index contributed by atoms with van der Waals surface area (Å²) in [6.07, 6.45) is 1.41. The fraction of sp³-hybridized carbons (Fsp3) is 0.227. The fourth-order valence-corrected chi connectivity index (χ4v) is 3.12. The minimum atomic E-state index is -1.13. The number of hydrogen-bond donors (Lipinski definition) is 2. The van der Waals surface area contributed by atoms with Crippen LogP contribution < -0.4 is 19.5 Å². The minimum absolute atomic E-state index is 0.0953. The Hall–Kier alpha value is -3.51. The Morgan fingerprint density at radius 3 is 2.52 bits per heavy atom. The molecule has 0 aliphatic rings. The molecule has 0 bridgehead atoms. The summed E-state index contributed by atoms with van der Waals surface area (Å²) in [6.45, 7) is 1.80. The van der Waals surface area contributed by atoms with Crippen LogP contribution in [0, 0.1) is 11.3 Å². The van der Waals surface area contributed by atoms with E-state index in [1.165, 1.54) is 6.08 Å². The zero-order valence-corrected chi connectivity index (χ0v) is 18.6. The van der Waals surface area contributed by atoms with Gasteiger partial charge in [0, 0.05) is 6.54 Å². The maximum Gasteiger partial charge on any atom is 0.341 e. The molecule has 0 aliphatic heterocycles. The number of nitriles is 1. The average Bonchev–Trinajstić information content (AvgIpc) is 2.75. The number of carbonyl (C=O) groups is 2. The van der Waals surface area contributed by atoms with E-state index in [4.69, 9.17) is 19.3 Å². The molecular formula is C22H21BrN2O6. The van der Waals surface area contributed by atoms with Crippen LogP contribution in [-0.4, -0.2) is 37.3 Å². The van der Waals surface area contributed by atoms with E-state index in [1.807, 2.05) is 18.2 Å². The topological polar surface area (TPSA) is 118 Å². The molecule has 1 amide bonds. The number of carbonyl (C=O) groups excluding carboxylic acids is 1. The van der Waals surface area contributed by atoms with E-state index in [2.05, 4.69) is 21.2 Å². The summed E-state index contributed by atoms with van der Waals surface area (Å²) in [5.74, 6) is -0.430. The predicted molar refractivity (Wildman–Crippen MR) is 117 cm³/mol. The van der Waals surface area contributed by atoms with Crippen molar-refractivity contribution in [2.45, 2.75) is 13.5 Å². The van der Waals surface area contributed by atoms with Crippen LogP contribution in [0.4, 0.5) is 0 Å². The number of benzene rings is 2. The van der Waals surface area contributed by atoms with Crippen molar-refractivity contribution in [1.29, 1.82) is 5.26 Å². The Bertz CT molecular complexity index is 1010. The summed E-state index contributed by atoms with van der Waals surface area (Å²) < 4.78 is 16.3. The molecule has 31 heavy (non-hydrogen) atoms. The van der Waals surface area contributed by atoms with Gasteiger partial charge in [0.05, 0.1) is 18.2 Å². The van der Waals surface area contributed by atoms with Gasteiger partial charge in [-0.2, -0.15) is 5.26 Å². The van der Waals surface area contributed by atoms with Gasteiger partial charge in [-0.25, -0.2) is 4.79 Å². The standard InChI is InChI=1S/C22H21BrN2O6/c1-3-30-19-10-15(9-18(23)21(19)31-13-20(26)27)8-16(11-24)22(28)25-12-14-4-6-17(29-2)7-5-14/h4-10H,3,12-13H2,1-2H3,(H,25,28)(H,26,27)/b16-8-. The highest BCUT2D eigenvalue weighted by atomic mass is 79.9. The van der Waals surface area contributed by atoms with Crippen molar-refractivity contribution in [2.24, 2.45) is 0 Å². The van der Waals surface area contributed by atoms with Gasteiger partial charge >= 0.3 is 5.97 Å². The SMILES string of the molecule is CCOc1cc(/C=C(/C#N)C(=O)NCc2ccc(OC)cc2)cc(Br)c1OCC(=O)O. The first-order valence-electron chi connectivity index (χ1n) is 9.21. The summed E-state index contributed by atoms with van der Waals surface area (Å²) in [4.78, 5) is 23.3. The molecule has 2 N–H and O–H groups in total. The van der Waals surface area contributed by atoms with Crippen LogP contribution in [0.25, 0.3) is 6.08 Å². The molecule has 2 aromatic carbocycles. The molecule has 8 nitrogen and oxygen atoms in total. The molecule has 162 valence electrons. The summed E-state index contributed by atoms with van der Waals surface area (Å²) in [6, 6.07) is 12.3. The Kier molecular flexibility index (Phi) is 8.91. The lowest BCUT2D eigenvalue weighted by Crippen LogP contribution is -2.23. The molecule has 0 aromatic heterocycles. The largest absolute Gasteiger partial charge is 0.497 e. The summed E-state index contributed by atoms with van der Waals surface area (Å²) >= 11 is 3.32. The van der Waals surface area contributed by atoms with Crippen LogP contribution in [0.15, 0.2) is 46.4 Å². The molecule has 0 heterocycles. The molecular weight excluding hydrogens is 468 g/mol. The number of nitrogens with one attached hydrogen (secondary N) is 1. The number of halogens is 1. The van der Waals surface area contributed by atoms with Crippen molar-refractivity contribution in [1.82, 2.24) is 5.32 Å². The van der Waals surface area contributed by atoms with E-state index in [0.29, 0.717) is 28.1 Å². The van der Waals surface area contributed by atoms with Crippen LogP contribution in [0.3, 0.4) is 0 Å². The van der Waals surface area contributed by atoms with Crippen molar-refractivity contribution in [3.05, 3.63) is 57.6 Å². The number of methoxy groups -OCH3 is 1. The zero-order valence-electron chi connectivity index (χ0n) is 17.0. The molecule has 0 radical (unpaired) electrons. The van der Waals surface area contributed by atoms with Gasteiger partial charge in [0.1, 0.15) is 17.4 Å². The monoisotopic (exact) mass is 488 g/mol. The summed E-state index contributed by atoms with van der Waals surface area (Å²) in [7, 11) is 1.57. The first-order chi connectivity index (χ1) is 14.9. The quantitative estimate of drug-likeness (QED) is 0.387. The molecule has 2 rings (SSSR count). The molecule has 0 aliphatic carbocycles. The van der Waals surface area contributed by atoms with E-state index >= 15 is 0 Å². The first-order valence-corrected chi connectivity index (χ1v) is 10.0. The minimum Gasteiger partial charge on any atom is -0.497 e. The predicted octanol–water partition coefficient (Wildman–Crippen LogP) is 3.54. The van der Waals surface area contributed by atoms with Gasteiger partial charge in [-0.1, -0.05) is 12.1 Å². The van der Waals surface area contributed by atoms with Crippen molar-refractivity contribution in [3.63, 3.8) is 0 Å². The third-order valence-corrected chi connectivity index (χ3v) is 4.55. The maximum absolute atomic E-state index is 12.5. The average molecular weight is 489 g/mol. The molecule has 2 aromatic rings. The Morgan fingerprint density at radius 1 is 1.23 bits per heavy atom. The maximum atomic E-state index is 12.5. The number of carboxylic acid groups (broad SMARTS) is 1. The second-order valence-corrected chi connectivity index (χ2v) is 7.00. The van der Waals surface area contributed by atoms with E-state index in [-0.39, 0.29) is 17.9 Å². The molecule has 0 fully saturated rings. The van der Waals surface area contributed by atoms with Crippen LogP contribution in [0.2, 0.25) is 0 Å². The lowest BCUT2D eigenvalue weighted by atomic mass is 10.1. The number of nitrogens with zero attached hydrogens (tertiary/aromatic N) is 1. The normalized spacial score (nSPS) is 10.7. The molecule has 0 saturated carbocycles. The highest BCUT2D eigenvalue weighted by Gasteiger charge is 2.15. The third kappa shape index (κ3) is 7.04. The van der Waals surface area contributed by atoms with Crippen LogP contribution in [0.5, 0.6) is 17.2 Å². The zero-order chi connectivity index (χ0) is 22.8. The van der Waals surface area contributed by atoms with E-state index in [1.54, 1.807) is 38.3 Å². The van der Waals surface area contributed by atoms with Gasteiger partial charge in [-0.15, -0.1) is 0 Å². The van der Waals surface area contributed by atoms with E-state index in [9.17, 15) is 14.9 Å². The Labute approximate surface area is 188 Å². The first kappa shape index (κ1) is 23.8. The van der Waals surface area contributed by atoms with E-state index in [0.717, 1.165) is 5.56 Å². The second-order valence-electron chi connectivity index (χ2n) is 6.15. The van der Waals surface area contributed by atoms with Crippen molar-refractivity contribution >= 4 is 33.9 Å². The molecule has 0 unspecified atom stereocenters. The Balaban J connectivity index is 2.20. The van der Waals surface area contributed by atoms with Crippen molar-refractivity contribution in [3.8, 4) is 23.3 Å². The van der Waals surface area contributed by atoms with Gasteiger partial charge in [0.25, 0.3) is 5.91 Å². The Morgan fingerprint density at radius 2 is 1.94 bits per heavy atom. The lowest BCUT2D eigenvalue weighted by molar-refractivity contribution is -0.139.